The monoisotopic (exact) mass is 414 g/mol. The third-order valence-electron chi connectivity index (χ3n) is 4.38. The van der Waals surface area contributed by atoms with Crippen molar-refractivity contribution in [2.75, 3.05) is 13.2 Å². The number of amides is 1. The van der Waals surface area contributed by atoms with Crippen molar-refractivity contribution < 1.29 is 19.1 Å². The summed E-state index contributed by atoms with van der Waals surface area (Å²) in [6.07, 6.45) is 1.55. The van der Waals surface area contributed by atoms with Crippen LogP contribution in [0.5, 0.6) is 11.5 Å². The fraction of sp³-hybridized carbons (Fsp3) is 0.542. The topological polar surface area (TPSA) is 79.6 Å². The number of benzene rings is 1. The first-order chi connectivity index (χ1) is 13.9. The molecule has 0 aromatic heterocycles. The van der Waals surface area contributed by atoms with E-state index in [0.717, 1.165) is 0 Å². The van der Waals surface area contributed by atoms with Crippen LogP contribution in [0.1, 0.15) is 61.0 Å². The molecule has 0 radical (unpaired) electrons. The van der Waals surface area contributed by atoms with Crippen LogP contribution in [-0.2, 0) is 9.59 Å². The summed E-state index contributed by atoms with van der Waals surface area (Å²) in [5.74, 6) is 0.570. The Kier molecular flexibility index (Phi) is 9.10. The normalized spacial score (nSPS) is 12.0. The number of carbonyl (C=O) groups excluding carboxylic acids is 2. The Bertz CT molecular complexity index is 819. The second kappa shape index (κ2) is 10.8. The van der Waals surface area contributed by atoms with E-state index in [2.05, 4.69) is 0 Å². The zero-order chi connectivity index (χ0) is 23.1. The van der Waals surface area contributed by atoms with Crippen LogP contribution in [-0.4, -0.2) is 41.9 Å². The molecule has 0 fully saturated rings. The summed E-state index contributed by atoms with van der Waals surface area (Å²) in [5.41, 5.74) is 0.0856. The summed E-state index contributed by atoms with van der Waals surface area (Å²) >= 11 is 0. The zero-order valence-corrected chi connectivity index (χ0v) is 19.4. The Hall–Kier alpha value is -2.81. The molecule has 1 rings (SSSR count). The highest BCUT2D eigenvalue weighted by atomic mass is 16.5. The Labute approximate surface area is 180 Å². The van der Waals surface area contributed by atoms with E-state index in [-0.39, 0.29) is 36.0 Å². The predicted octanol–water partition coefficient (Wildman–Crippen LogP) is 4.63. The van der Waals surface area contributed by atoms with Crippen molar-refractivity contribution in [2.45, 2.75) is 67.5 Å². The molecule has 0 unspecified atom stereocenters. The number of allylic oxidation sites excluding steroid dienone is 1. The molecule has 164 valence electrons. The molecule has 0 saturated heterocycles. The lowest BCUT2D eigenvalue weighted by Crippen LogP contribution is -2.44. The maximum absolute atomic E-state index is 12.6. The van der Waals surface area contributed by atoms with Crippen LogP contribution in [0.25, 0.3) is 6.08 Å². The highest BCUT2D eigenvalue weighted by Gasteiger charge is 2.25. The molecular formula is C24H34N2O4. The van der Waals surface area contributed by atoms with E-state index in [1.165, 1.54) is 0 Å². The maximum Gasteiger partial charge on any atom is 0.260 e. The Morgan fingerprint density at radius 3 is 2.17 bits per heavy atom. The number of hydrogen-bond donors (Lipinski definition) is 0. The molecule has 0 atom stereocenters. The summed E-state index contributed by atoms with van der Waals surface area (Å²) in [5, 5.41) is 9.40. The van der Waals surface area contributed by atoms with Crippen molar-refractivity contribution in [2.24, 2.45) is 5.41 Å². The van der Waals surface area contributed by atoms with Crippen molar-refractivity contribution in [3.05, 3.63) is 29.3 Å². The van der Waals surface area contributed by atoms with Gasteiger partial charge in [-0.05, 0) is 58.4 Å². The smallest absolute Gasteiger partial charge is 0.260 e. The quantitative estimate of drug-likeness (QED) is 0.435. The molecule has 0 saturated carbocycles. The number of Topliss-reactive ketones (excluding diaryl/α,β-unsaturated/α-hetero) is 1. The minimum absolute atomic E-state index is 0.0738. The van der Waals surface area contributed by atoms with Gasteiger partial charge in [-0.25, -0.2) is 0 Å². The van der Waals surface area contributed by atoms with Gasteiger partial charge >= 0.3 is 0 Å². The van der Waals surface area contributed by atoms with Gasteiger partial charge in [-0.2, -0.15) is 5.26 Å². The van der Waals surface area contributed by atoms with E-state index in [1.54, 1.807) is 49.9 Å². The highest BCUT2D eigenvalue weighted by Crippen LogP contribution is 2.30. The van der Waals surface area contributed by atoms with E-state index in [1.807, 2.05) is 40.7 Å². The Morgan fingerprint density at radius 1 is 1.10 bits per heavy atom. The summed E-state index contributed by atoms with van der Waals surface area (Å²) in [6, 6.07) is 7.27. The van der Waals surface area contributed by atoms with Crippen molar-refractivity contribution in [1.82, 2.24) is 4.90 Å². The molecule has 0 heterocycles. The van der Waals surface area contributed by atoms with Crippen molar-refractivity contribution in [1.29, 1.82) is 5.26 Å². The van der Waals surface area contributed by atoms with Crippen LogP contribution in [0.3, 0.4) is 0 Å². The lowest BCUT2D eigenvalue weighted by Gasteiger charge is -2.30. The molecule has 0 N–H and O–H groups in total. The van der Waals surface area contributed by atoms with Crippen molar-refractivity contribution in [3.8, 4) is 17.6 Å². The van der Waals surface area contributed by atoms with E-state index in [9.17, 15) is 14.9 Å². The van der Waals surface area contributed by atoms with Crippen LogP contribution in [0.15, 0.2) is 23.8 Å². The van der Waals surface area contributed by atoms with Gasteiger partial charge in [0.25, 0.3) is 5.91 Å². The number of nitriles is 1. The summed E-state index contributed by atoms with van der Waals surface area (Å²) < 4.78 is 11.4. The Morgan fingerprint density at radius 2 is 1.70 bits per heavy atom. The standard InChI is InChI=1S/C24H34N2O4/c1-9-29-21-13-18(12-19(14-25)23(28)24(6,7)8)10-11-20(21)30-15-22(27)26(16(2)3)17(4)5/h10-13,16-17H,9,15H2,1-8H3. The summed E-state index contributed by atoms with van der Waals surface area (Å²) in [4.78, 5) is 26.8. The van der Waals surface area contributed by atoms with Crippen molar-refractivity contribution in [3.63, 3.8) is 0 Å². The minimum Gasteiger partial charge on any atom is -0.490 e. The number of hydrogen-bond acceptors (Lipinski definition) is 5. The van der Waals surface area contributed by atoms with Crippen LogP contribution in [0.4, 0.5) is 0 Å². The predicted molar refractivity (Wildman–Crippen MR) is 118 cm³/mol. The average molecular weight is 415 g/mol. The van der Waals surface area contributed by atoms with Crippen molar-refractivity contribution >= 4 is 17.8 Å². The molecule has 0 bridgehead atoms. The summed E-state index contributed by atoms with van der Waals surface area (Å²) in [7, 11) is 0. The SMILES string of the molecule is CCOc1cc(C=C(C#N)C(=O)C(C)(C)C)ccc1OCC(=O)N(C(C)C)C(C)C. The molecule has 6 heteroatoms. The molecular weight excluding hydrogens is 380 g/mol. The van der Waals surface area contributed by atoms with Gasteiger partial charge in [0.05, 0.1) is 12.2 Å². The molecule has 6 nitrogen and oxygen atoms in total. The van der Waals surface area contributed by atoms with Gasteiger partial charge in [-0.3, -0.25) is 9.59 Å². The number of ketones is 1. The number of carbonyl (C=O) groups is 2. The average Bonchev–Trinajstić information content (AvgIpc) is 2.63. The lowest BCUT2D eigenvalue weighted by molar-refractivity contribution is -0.137. The molecule has 1 aromatic carbocycles. The highest BCUT2D eigenvalue weighted by molar-refractivity contribution is 6.06. The third kappa shape index (κ3) is 6.91. The van der Waals surface area contributed by atoms with E-state index >= 15 is 0 Å². The first-order valence-corrected chi connectivity index (χ1v) is 10.3. The number of nitrogens with zero attached hydrogens (tertiary/aromatic N) is 2. The summed E-state index contributed by atoms with van der Waals surface area (Å²) in [6.45, 7) is 15.4. The van der Waals surface area contributed by atoms with Crippen LogP contribution in [0.2, 0.25) is 0 Å². The van der Waals surface area contributed by atoms with E-state index < -0.39 is 5.41 Å². The van der Waals surface area contributed by atoms with Gasteiger partial charge in [0.1, 0.15) is 6.07 Å². The van der Waals surface area contributed by atoms with Gasteiger partial charge in [-0.15, -0.1) is 0 Å². The second-order valence-electron chi connectivity index (χ2n) is 8.67. The maximum atomic E-state index is 12.6. The van der Waals surface area contributed by atoms with E-state index in [0.29, 0.717) is 23.7 Å². The third-order valence-corrected chi connectivity index (χ3v) is 4.38. The van der Waals surface area contributed by atoms with Crippen LogP contribution >= 0.6 is 0 Å². The van der Waals surface area contributed by atoms with Gasteiger partial charge in [0.15, 0.2) is 23.9 Å². The van der Waals surface area contributed by atoms with Gasteiger partial charge in [0, 0.05) is 17.5 Å². The van der Waals surface area contributed by atoms with Crippen LogP contribution < -0.4 is 9.47 Å². The molecule has 1 aromatic rings. The fourth-order valence-electron chi connectivity index (χ4n) is 3.11. The minimum atomic E-state index is -0.646. The number of rotatable bonds is 9. The number of ether oxygens (including phenoxy) is 2. The van der Waals surface area contributed by atoms with Gasteiger partial charge in [0.2, 0.25) is 0 Å². The fourth-order valence-corrected chi connectivity index (χ4v) is 3.11. The molecule has 0 spiro atoms. The lowest BCUT2D eigenvalue weighted by atomic mass is 9.86. The Balaban J connectivity index is 3.12. The second-order valence-corrected chi connectivity index (χ2v) is 8.67. The van der Waals surface area contributed by atoms with E-state index in [4.69, 9.17) is 9.47 Å². The van der Waals surface area contributed by atoms with Crippen LogP contribution in [0, 0.1) is 16.7 Å². The largest absolute Gasteiger partial charge is 0.490 e. The van der Waals surface area contributed by atoms with Gasteiger partial charge < -0.3 is 14.4 Å². The zero-order valence-electron chi connectivity index (χ0n) is 19.4. The molecule has 0 aliphatic carbocycles. The molecule has 0 aliphatic heterocycles. The first-order valence-electron chi connectivity index (χ1n) is 10.3. The molecule has 30 heavy (non-hydrogen) atoms. The van der Waals surface area contributed by atoms with Gasteiger partial charge in [-0.1, -0.05) is 26.8 Å². The molecule has 0 aliphatic rings. The first kappa shape index (κ1) is 25.2. The molecule has 1 amide bonds.